The molecule has 142 valence electrons. The largest absolute Gasteiger partial charge is 0.369 e. The molecule has 4 N–H and O–H groups in total. The van der Waals surface area contributed by atoms with Crippen LogP contribution in [0, 0.1) is 0 Å². The van der Waals surface area contributed by atoms with Gasteiger partial charge in [0, 0.05) is 10.2 Å². The Morgan fingerprint density at radius 3 is 2.43 bits per heavy atom. The van der Waals surface area contributed by atoms with Crippen molar-refractivity contribution in [3.63, 3.8) is 0 Å². The molecule has 3 aromatic rings. The number of hydrogen-bond donors (Lipinski definition) is 2. The summed E-state index contributed by atoms with van der Waals surface area (Å²) in [6, 6.07) is 17.1. The molecule has 1 spiro atoms. The van der Waals surface area contributed by atoms with E-state index >= 15 is 0 Å². The highest BCUT2D eigenvalue weighted by molar-refractivity contribution is 9.10. The molecule has 0 radical (unpaired) electrons. The van der Waals surface area contributed by atoms with E-state index in [1.807, 2.05) is 0 Å². The predicted octanol–water partition coefficient (Wildman–Crippen LogP) is 4.87. The Morgan fingerprint density at radius 1 is 0.893 bits per heavy atom. The molecule has 5 rings (SSSR count). The lowest BCUT2D eigenvalue weighted by Gasteiger charge is -2.45. The van der Waals surface area contributed by atoms with Crippen molar-refractivity contribution in [2.24, 2.45) is 21.5 Å². The highest BCUT2D eigenvalue weighted by Crippen LogP contribution is 2.41. The van der Waals surface area contributed by atoms with Crippen molar-refractivity contribution >= 4 is 55.1 Å². The third-order valence-electron chi connectivity index (χ3n) is 5.90. The molecule has 1 fully saturated rings. The van der Waals surface area contributed by atoms with Crippen LogP contribution < -0.4 is 16.4 Å². The summed E-state index contributed by atoms with van der Waals surface area (Å²) in [7, 11) is 0. The number of anilines is 1. The van der Waals surface area contributed by atoms with E-state index in [2.05, 4.69) is 74.4 Å². The Morgan fingerprint density at radius 2 is 1.64 bits per heavy atom. The highest BCUT2D eigenvalue weighted by atomic mass is 79.9. The molecule has 1 aliphatic carbocycles. The number of benzene rings is 3. The van der Waals surface area contributed by atoms with Crippen LogP contribution in [0.1, 0.15) is 32.1 Å². The third-order valence-corrected chi connectivity index (χ3v) is 6.56. The minimum atomic E-state index is -0.424. The van der Waals surface area contributed by atoms with Gasteiger partial charge in [-0.3, -0.25) is 4.90 Å². The van der Waals surface area contributed by atoms with E-state index in [0.29, 0.717) is 5.96 Å². The average molecular weight is 436 g/mol. The van der Waals surface area contributed by atoms with Gasteiger partial charge in [0.2, 0.25) is 11.9 Å². The Balaban J connectivity index is 1.73. The number of fused-ring (bicyclic) bond motifs is 3. The molecule has 28 heavy (non-hydrogen) atoms. The van der Waals surface area contributed by atoms with Gasteiger partial charge in [-0.15, -0.1) is 0 Å². The Kier molecular flexibility index (Phi) is 4.05. The van der Waals surface area contributed by atoms with Crippen LogP contribution in [-0.2, 0) is 0 Å². The topological polar surface area (TPSA) is 80.0 Å². The van der Waals surface area contributed by atoms with Gasteiger partial charge in [0.15, 0.2) is 0 Å². The summed E-state index contributed by atoms with van der Waals surface area (Å²) >= 11 is 3.71. The molecular weight excluding hydrogens is 414 g/mol. The van der Waals surface area contributed by atoms with Crippen LogP contribution in [0.25, 0.3) is 21.5 Å². The minimum Gasteiger partial charge on any atom is -0.369 e. The Bertz CT molecular complexity index is 1140. The molecule has 0 unspecified atom stereocenters. The van der Waals surface area contributed by atoms with Crippen LogP contribution in [0.5, 0.6) is 0 Å². The molecule has 0 atom stereocenters. The maximum absolute atomic E-state index is 6.40. The monoisotopic (exact) mass is 435 g/mol. The lowest BCUT2D eigenvalue weighted by Crippen LogP contribution is -2.58. The van der Waals surface area contributed by atoms with Gasteiger partial charge in [0.25, 0.3) is 0 Å². The van der Waals surface area contributed by atoms with E-state index in [1.54, 1.807) is 0 Å². The van der Waals surface area contributed by atoms with Gasteiger partial charge in [-0.25, -0.2) is 4.99 Å². The smallest absolute Gasteiger partial charge is 0.220 e. The van der Waals surface area contributed by atoms with E-state index in [9.17, 15) is 0 Å². The fraction of sp³-hybridized carbons (Fsp3) is 0.273. The quantitative estimate of drug-likeness (QED) is 0.535. The van der Waals surface area contributed by atoms with Gasteiger partial charge in [-0.1, -0.05) is 52.7 Å². The first-order chi connectivity index (χ1) is 13.6. The number of hydrogen-bond acceptors (Lipinski definition) is 5. The van der Waals surface area contributed by atoms with Crippen molar-refractivity contribution in [2.45, 2.75) is 37.8 Å². The summed E-state index contributed by atoms with van der Waals surface area (Å²) in [5, 5.41) is 4.78. The summed E-state index contributed by atoms with van der Waals surface area (Å²) in [5.74, 6) is 0.709. The molecule has 5 nitrogen and oxygen atoms in total. The number of rotatable bonds is 1. The number of nitrogens with zero attached hydrogens (tertiary/aromatic N) is 3. The van der Waals surface area contributed by atoms with Gasteiger partial charge >= 0.3 is 0 Å². The zero-order chi connectivity index (χ0) is 19.3. The Labute approximate surface area is 172 Å². The zero-order valence-electron chi connectivity index (χ0n) is 15.5. The lowest BCUT2D eigenvalue weighted by atomic mass is 9.87. The van der Waals surface area contributed by atoms with Crippen LogP contribution in [0.2, 0.25) is 0 Å². The second-order valence-corrected chi connectivity index (χ2v) is 8.48. The van der Waals surface area contributed by atoms with E-state index in [1.165, 1.54) is 28.0 Å². The van der Waals surface area contributed by atoms with Crippen LogP contribution >= 0.6 is 15.9 Å². The normalized spacial score (nSPS) is 19.1. The number of halogens is 1. The molecule has 0 saturated heterocycles. The van der Waals surface area contributed by atoms with Gasteiger partial charge in [0.1, 0.15) is 5.66 Å². The van der Waals surface area contributed by atoms with Gasteiger partial charge < -0.3 is 11.5 Å². The predicted molar refractivity (Wildman–Crippen MR) is 121 cm³/mol. The highest BCUT2D eigenvalue weighted by Gasteiger charge is 2.42. The molecule has 3 aromatic carbocycles. The van der Waals surface area contributed by atoms with E-state index in [-0.39, 0.29) is 5.96 Å². The second-order valence-electron chi connectivity index (χ2n) is 7.63. The fourth-order valence-corrected chi connectivity index (χ4v) is 5.27. The molecule has 1 aliphatic heterocycles. The molecular formula is C22H22BrN5. The molecule has 1 heterocycles. The first kappa shape index (κ1) is 17.5. The lowest BCUT2D eigenvalue weighted by molar-refractivity contribution is 0.305. The van der Waals surface area contributed by atoms with Crippen LogP contribution in [0.4, 0.5) is 5.69 Å². The number of nitrogens with two attached hydrogens (primary N) is 2. The van der Waals surface area contributed by atoms with Gasteiger partial charge in [0.05, 0.1) is 0 Å². The van der Waals surface area contributed by atoms with Crippen molar-refractivity contribution in [2.75, 3.05) is 4.90 Å². The molecule has 0 bridgehead atoms. The van der Waals surface area contributed by atoms with E-state index in [4.69, 9.17) is 16.5 Å². The van der Waals surface area contributed by atoms with Crippen LogP contribution in [-0.4, -0.2) is 17.6 Å². The summed E-state index contributed by atoms with van der Waals surface area (Å²) in [6.07, 6.45) is 5.32. The summed E-state index contributed by atoms with van der Waals surface area (Å²) in [5.41, 5.74) is 13.0. The van der Waals surface area contributed by atoms with Crippen molar-refractivity contribution in [3.05, 3.63) is 53.0 Å². The third kappa shape index (κ3) is 2.66. The fourth-order valence-electron chi connectivity index (χ4n) is 4.68. The van der Waals surface area contributed by atoms with Crippen molar-refractivity contribution in [1.82, 2.24) is 0 Å². The second kappa shape index (κ2) is 6.48. The van der Waals surface area contributed by atoms with Crippen LogP contribution in [0.3, 0.4) is 0 Å². The molecule has 0 aromatic heterocycles. The van der Waals surface area contributed by atoms with Crippen molar-refractivity contribution in [1.29, 1.82) is 0 Å². The number of aliphatic imine (C=N–C) groups is 2. The average Bonchev–Trinajstić information content (AvgIpc) is 2.68. The first-order valence-electron chi connectivity index (χ1n) is 9.68. The van der Waals surface area contributed by atoms with Crippen LogP contribution in [0.15, 0.2) is 63.0 Å². The summed E-state index contributed by atoms with van der Waals surface area (Å²) in [4.78, 5) is 11.2. The van der Waals surface area contributed by atoms with E-state index < -0.39 is 5.66 Å². The summed E-state index contributed by atoms with van der Waals surface area (Å²) in [6.45, 7) is 0. The van der Waals surface area contributed by atoms with Gasteiger partial charge in [-0.05, 0) is 65.4 Å². The maximum Gasteiger partial charge on any atom is 0.220 e. The standard InChI is InChI=1S/C22H22BrN5/c23-19-12-14-8-9-15(13-18(14)16-6-2-3-7-17(16)19)28-21(25)26-20(24)27-22(28)10-4-1-5-11-22/h2-3,6-9,12-13H,1,4-5,10-11H2,(H4,24,25,26,27). The summed E-state index contributed by atoms with van der Waals surface area (Å²) < 4.78 is 1.10. The first-order valence-corrected chi connectivity index (χ1v) is 10.5. The minimum absolute atomic E-state index is 0.283. The van der Waals surface area contributed by atoms with Crippen molar-refractivity contribution < 1.29 is 0 Å². The zero-order valence-corrected chi connectivity index (χ0v) is 17.1. The SMILES string of the molecule is NC1=NC2(CCCCC2)N(c2ccc3cc(Br)c4ccccc4c3c2)C(N)=N1. The maximum atomic E-state index is 6.40. The molecule has 1 saturated carbocycles. The van der Waals surface area contributed by atoms with Gasteiger partial charge in [-0.2, -0.15) is 4.99 Å². The molecule has 6 heteroatoms. The molecule has 0 amide bonds. The number of guanidine groups is 2. The Hall–Kier alpha value is -2.60. The van der Waals surface area contributed by atoms with E-state index in [0.717, 1.165) is 35.8 Å². The molecule has 2 aliphatic rings. The van der Waals surface area contributed by atoms with Crippen molar-refractivity contribution in [3.8, 4) is 0 Å².